The first-order valence-electron chi connectivity index (χ1n) is 6.01. The van der Waals surface area contributed by atoms with Gasteiger partial charge in [0.1, 0.15) is 0 Å². The van der Waals surface area contributed by atoms with Gasteiger partial charge in [-0.15, -0.1) is 0 Å². The van der Waals surface area contributed by atoms with Gasteiger partial charge in [0.2, 0.25) is 5.91 Å². The third-order valence-corrected chi connectivity index (χ3v) is 3.05. The summed E-state index contributed by atoms with van der Waals surface area (Å²) in [6.45, 7) is 8.96. The van der Waals surface area contributed by atoms with Gasteiger partial charge in [0, 0.05) is 26.2 Å². The summed E-state index contributed by atoms with van der Waals surface area (Å²) >= 11 is 0. The molecule has 0 radical (unpaired) electrons. The van der Waals surface area contributed by atoms with Gasteiger partial charge in [-0.25, -0.2) is 0 Å². The number of carbonyl (C=O) groups is 1. The molecule has 1 rings (SSSR count). The first kappa shape index (κ1) is 13.4. The largest absolute Gasteiger partial charge is 0.378 e. The molecule has 5 heteroatoms. The Hall–Kier alpha value is -0.650. The Morgan fingerprint density at radius 3 is 2.62 bits per heavy atom. The summed E-state index contributed by atoms with van der Waals surface area (Å²) in [7, 11) is 0. The van der Waals surface area contributed by atoms with Gasteiger partial charge in [-0.3, -0.25) is 9.69 Å². The van der Waals surface area contributed by atoms with Crippen LogP contribution in [0.4, 0.5) is 0 Å². The Labute approximate surface area is 97.5 Å². The second kappa shape index (κ2) is 6.83. The second-order valence-corrected chi connectivity index (χ2v) is 4.03. The maximum absolute atomic E-state index is 12.2. The summed E-state index contributed by atoms with van der Waals surface area (Å²) in [5, 5.41) is 0. The number of morpholine rings is 1. The molecule has 0 saturated carbocycles. The minimum absolute atomic E-state index is 0.0772. The van der Waals surface area contributed by atoms with Gasteiger partial charge in [-0.1, -0.05) is 6.92 Å². The molecule has 1 atom stereocenters. The average molecular weight is 229 g/mol. The lowest BCUT2D eigenvalue weighted by Crippen LogP contribution is -2.51. The number of ether oxygens (including phenoxy) is 1. The van der Waals surface area contributed by atoms with Crippen molar-refractivity contribution >= 4 is 5.91 Å². The maximum Gasteiger partial charge on any atom is 0.239 e. The molecule has 1 aliphatic heterocycles. The highest BCUT2D eigenvalue weighted by molar-refractivity contribution is 5.81. The summed E-state index contributed by atoms with van der Waals surface area (Å²) in [4.78, 5) is 16.2. The predicted octanol–water partition coefficient (Wildman–Crippen LogP) is -0.486. The minimum atomic E-state index is -0.0772. The van der Waals surface area contributed by atoms with E-state index < -0.39 is 0 Å². The molecule has 1 unspecified atom stereocenters. The van der Waals surface area contributed by atoms with Crippen molar-refractivity contribution in [3.8, 4) is 0 Å². The van der Waals surface area contributed by atoms with Crippen LogP contribution in [-0.2, 0) is 9.53 Å². The Morgan fingerprint density at radius 2 is 2.12 bits per heavy atom. The molecule has 0 aromatic heterocycles. The van der Waals surface area contributed by atoms with Crippen molar-refractivity contribution in [3.05, 3.63) is 0 Å². The van der Waals surface area contributed by atoms with Crippen LogP contribution in [0.5, 0.6) is 0 Å². The van der Waals surface area contributed by atoms with Gasteiger partial charge in [0.25, 0.3) is 0 Å². The molecule has 0 aromatic carbocycles. The van der Waals surface area contributed by atoms with Crippen LogP contribution in [0.25, 0.3) is 0 Å². The lowest BCUT2D eigenvalue weighted by Gasteiger charge is -2.33. The van der Waals surface area contributed by atoms with E-state index in [1.54, 1.807) is 0 Å². The SMILES string of the molecule is CCN(CCN)C(C)C(=O)N1CCOCC1. The smallest absolute Gasteiger partial charge is 0.239 e. The molecular weight excluding hydrogens is 206 g/mol. The second-order valence-electron chi connectivity index (χ2n) is 4.03. The summed E-state index contributed by atoms with van der Waals surface area (Å²) < 4.78 is 5.24. The number of nitrogens with zero attached hydrogens (tertiary/aromatic N) is 2. The van der Waals surface area contributed by atoms with Crippen LogP contribution in [0.1, 0.15) is 13.8 Å². The molecular formula is C11H23N3O2. The quantitative estimate of drug-likeness (QED) is 0.691. The third kappa shape index (κ3) is 3.43. The molecule has 1 amide bonds. The van der Waals surface area contributed by atoms with Crippen LogP contribution >= 0.6 is 0 Å². The molecule has 2 N–H and O–H groups in total. The number of hydrogen-bond donors (Lipinski definition) is 1. The van der Waals surface area contributed by atoms with E-state index in [4.69, 9.17) is 10.5 Å². The lowest BCUT2D eigenvalue weighted by molar-refractivity contribution is -0.140. The zero-order chi connectivity index (χ0) is 12.0. The molecule has 1 saturated heterocycles. The van der Waals surface area contributed by atoms with E-state index in [1.165, 1.54) is 0 Å². The molecule has 0 bridgehead atoms. The van der Waals surface area contributed by atoms with Gasteiger partial charge in [0.05, 0.1) is 19.3 Å². The van der Waals surface area contributed by atoms with Crippen LogP contribution < -0.4 is 5.73 Å². The van der Waals surface area contributed by atoms with Crippen molar-refractivity contribution in [2.45, 2.75) is 19.9 Å². The number of carbonyl (C=O) groups excluding carboxylic acids is 1. The van der Waals surface area contributed by atoms with Crippen LogP contribution in [0.3, 0.4) is 0 Å². The zero-order valence-electron chi connectivity index (χ0n) is 10.3. The van der Waals surface area contributed by atoms with Crippen LogP contribution in [0, 0.1) is 0 Å². The van der Waals surface area contributed by atoms with E-state index in [0.717, 1.165) is 13.1 Å². The van der Waals surface area contributed by atoms with Crippen molar-refractivity contribution < 1.29 is 9.53 Å². The van der Waals surface area contributed by atoms with Gasteiger partial charge in [0.15, 0.2) is 0 Å². The van der Waals surface area contributed by atoms with Gasteiger partial charge in [-0.2, -0.15) is 0 Å². The minimum Gasteiger partial charge on any atom is -0.378 e. The molecule has 0 spiro atoms. The Morgan fingerprint density at radius 1 is 1.50 bits per heavy atom. The Bertz CT molecular complexity index is 217. The number of amides is 1. The number of rotatable bonds is 5. The van der Waals surface area contributed by atoms with Crippen molar-refractivity contribution in [1.29, 1.82) is 0 Å². The third-order valence-electron chi connectivity index (χ3n) is 3.05. The van der Waals surface area contributed by atoms with E-state index in [0.29, 0.717) is 32.8 Å². The van der Waals surface area contributed by atoms with Crippen molar-refractivity contribution in [3.63, 3.8) is 0 Å². The van der Waals surface area contributed by atoms with E-state index in [1.807, 2.05) is 11.8 Å². The highest BCUT2D eigenvalue weighted by Crippen LogP contribution is 2.06. The van der Waals surface area contributed by atoms with Crippen molar-refractivity contribution in [2.75, 3.05) is 45.9 Å². The standard InChI is InChI=1S/C11H23N3O2/c1-3-13(5-4-12)10(2)11(15)14-6-8-16-9-7-14/h10H,3-9,12H2,1-2H3. The van der Waals surface area contributed by atoms with Crippen molar-refractivity contribution in [2.24, 2.45) is 5.73 Å². The Kier molecular flexibility index (Phi) is 5.73. The number of hydrogen-bond acceptors (Lipinski definition) is 4. The number of likely N-dealkylation sites (N-methyl/N-ethyl adjacent to an activating group) is 1. The molecule has 0 aromatic rings. The van der Waals surface area contributed by atoms with Gasteiger partial charge >= 0.3 is 0 Å². The van der Waals surface area contributed by atoms with Gasteiger partial charge < -0.3 is 15.4 Å². The first-order chi connectivity index (χ1) is 7.70. The fraction of sp³-hybridized carbons (Fsp3) is 0.909. The molecule has 1 fully saturated rings. The summed E-state index contributed by atoms with van der Waals surface area (Å²) in [6, 6.07) is -0.0772. The average Bonchev–Trinajstić information content (AvgIpc) is 2.35. The fourth-order valence-corrected chi connectivity index (χ4v) is 2.00. The molecule has 1 aliphatic rings. The molecule has 0 aliphatic carbocycles. The molecule has 1 heterocycles. The Balaban J connectivity index is 2.49. The topological polar surface area (TPSA) is 58.8 Å². The molecule has 16 heavy (non-hydrogen) atoms. The van der Waals surface area contributed by atoms with E-state index >= 15 is 0 Å². The lowest BCUT2D eigenvalue weighted by atomic mass is 10.2. The van der Waals surface area contributed by atoms with Crippen molar-refractivity contribution in [1.82, 2.24) is 9.80 Å². The fourth-order valence-electron chi connectivity index (χ4n) is 2.00. The van der Waals surface area contributed by atoms with E-state index in [9.17, 15) is 4.79 Å². The molecule has 5 nitrogen and oxygen atoms in total. The van der Waals surface area contributed by atoms with Crippen LogP contribution in [-0.4, -0.2) is 67.7 Å². The maximum atomic E-state index is 12.2. The van der Waals surface area contributed by atoms with Gasteiger partial charge in [-0.05, 0) is 13.5 Å². The van der Waals surface area contributed by atoms with E-state index in [-0.39, 0.29) is 11.9 Å². The van der Waals surface area contributed by atoms with Crippen LogP contribution in [0.2, 0.25) is 0 Å². The monoisotopic (exact) mass is 229 g/mol. The zero-order valence-corrected chi connectivity index (χ0v) is 10.3. The highest BCUT2D eigenvalue weighted by Gasteiger charge is 2.25. The van der Waals surface area contributed by atoms with Crippen LogP contribution in [0.15, 0.2) is 0 Å². The van der Waals surface area contributed by atoms with E-state index in [2.05, 4.69) is 11.8 Å². The summed E-state index contributed by atoms with van der Waals surface area (Å²) in [5.41, 5.74) is 5.53. The number of nitrogens with two attached hydrogens (primary N) is 1. The predicted molar refractivity (Wildman–Crippen MR) is 63.2 cm³/mol. The summed E-state index contributed by atoms with van der Waals surface area (Å²) in [5.74, 6) is 0.193. The normalized spacial score (nSPS) is 18.9. The highest BCUT2D eigenvalue weighted by atomic mass is 16.5. The first-order valence-corrected chi connectivity index (χ1v) is 6.01. The summed E-state index contributed by atoms with van der Waals surface area (Å²) in [6.07, 6.45) is 0. The molecule has 94 valence electrons.